The second-order valence-corrected chi connectivity index (χ2v) is 1.93. The number of halogens is 3. The number of rotatable bonds is 3. The number of alkyl halides is 2. The fourth-order valence-corrected chi connectivity index (χ4v) is 0.388. The first kappa shape index (κ1) is 10.0. The van der Waals surface area contributed by atoms with E-state index in [0.29, 0.717) is 0 Å². The zero-order valence-electron chi connectivity index (χ0n) is 6.15. The van der Waals surface area contributed by atoms with Crippen molar-refractivity contribution in [3.8, 4) is 0 Å². The lowest BCUT2D eigenvalue weighted by Gasteiger charge is -1.97. The van der Waals surface area contributed by atoms with Crippen LogP contribution in [0.1, 0.15) is 6.92 Å². The van der Waals surface area contributed by atoms with Crippen LogP contribution in [-0.4, -0.2) is 6.43 Å². The molecule has 3 heteroatoms. The molecule has 0 aliphatic heterocycles. The SMILES string of the molecule is C=C/C=C\C(F)=C(/C)C(F)F. The summed E-state index contributed by atoms with van der Waals surface area (Å²) >= 11 is 0. The third-order valence-corrected chi connectivity index (χ3v) is 1.08. The summed E-state index contributed by atoms with van der Waals surface area (Å²) in [7, 11) is 0. The molecule has 0 saturated carbocycles. The van der Waals surface area contributed by atoms with Gasteiger partial charge >= 0.3 is 0 Å². The summed E-state index contributed by atoms with van der Waals surface area (Å²) in [6.45, 7) is 4.32. The smallest absolute Gasteiger partial charge is 0.207 e. The van der Waals surface area contributed by atoms with Crippen molar-refractivity contribution in [3.63, 3.8) is 0 Å². The van der Waals surface area contributed by atoms with Crippen molar-refractivity contribution in [3.05, 3.63) is 36.2 Å². The van der Waals surface area contributed by atoms with Crippen molar-refractivity contribution in [2.24, 2.45) is 0 Å². The summed E-state index contributed by atoms with van der Waals surface area (Å²) < 4.78 is 36.0. The van der Waals surface area contributed by atoms with Gasteiger partial charge in [0, 0.05) is 5.57 Å². The molecule has 0 aromatic heterocycles. The van der Waals surface area contributed by atoms with Gasteiger partial charge in [0.2, 0.25) is 0 Å². The Kier molecular flexibility index (Phi) is 4.34. The second-order valence-electron chi connectivity index (χ2n) is 1.93. The molecule has 0 aromatic rings. The van der Waals surface area contributed by atoms with E-state index in [0.717, 1.165) is 13.0 Å². The summed E-state index contributed by atoms with van der Waals surface area (Å²) in [5.74, 6) is -0.903. The standard InChI is InChI=1S/C8H9F3/c1-3-4-5-7(9)6(2)8(10)11/h3-5,8H,1H2,2H3/b5-4-,7-6-. The first-order chi connectivity index (χ1) is 5.09. The van der Waals surface area contributed by atoms with E-state index in [1.807, 2.05) is 0 Å². The molecule has 0 aliphatic rings. The van der Waals surface area contributed by atoms with Crippen LogP contribution >= 0.6 is 0 Å². The van der Waals surface area contributed by atoms with Crippen LogP contribution in [0.4, 0.5) is 13.2 Å². The van der Waals surface area contributed by atoms with E-state index in [9.17, 15) is 13.2 Å². The lowest BCUT2D eigenvalue weighted by Crippen LogP contribution is -1.93. The highest BCUT2D eigenvalue weighted by Crippen LogP contribution is 2.14. The van der Waals surface area contributed by atoms with Gasteiger partial charge in [-0.05, 0) is 13.0 Å². The van der Waals surface area contributed by atoms with E-state index in [2.05, 4.69) is 6.58 Å². The van der Waals surface area contributed by atoms with Crippen molar-refractivity contribution in [2.45, 2.75) is 13.3 Å². The van der Waals surface area contributed by atoms with Gasteiger partial charge in [-0.3, -0.25) is 0 Å². The Morgan fingerprint density at radius 3 is 2.36 bits per heavy atom. The van der Waals surface area contributed by atoms with E-state index in [-0.39, 0.29) is 0 Å². The molecule has 11 heavy (non-hydrogen) atoms. The topological polar surface area (TPSA) is 0 Å². The van der Waals surface area contributed by atoms with Gasteiger partial charge in [-0.15, -0.1) is 0 Å². The minimum Gasteiger partial charge on any atom is -0.207 e. The van der Waals surface area contributed by atoms with E-state index in [4.69, 9.17) is 0 Å². The maximum atomic E-state index is 12.5. The van der Waals surface area contributed by atoms with Gasteiger partial charge in [-0.2, -0.15) is 0 Å². The second kappa shape index (κ2) is 4.77. The molecule has 0 aliphatic carbocycles. The fourth-order valence-electron chi connectivity index (χ4n) is 0.388. The maximum Gasteiger partial charge on any atom is 0.262 e. The monoisotopic (exact) mass is 162 g/mol. The van der Waals surface area contributed by atoms with Crippen LogP contribution in [0.15, 0.2) is 36.2 Å². The quantitative estimate of drug-likeness (QED) is 0.559. The molecule has 0 nitrogen and oxygen atoms in total. The first-order valence-corrected chi connectivity index (χ1v) is 3.03. The van der Waals surface area contributed by atoms with Crippen LogP contribution in [0, 0.1) is 0 Å². The molecule has 0 heterocycles. The Balaban J connectivity index is 4.39. The van der Waals surface area contributed by atoms with Gasteiger partial charge in [0.25, 0.3) is 6.43 Å². The van der Waals surface area contributed by atoms with Gasteiger partial charge in [0.1, 0.15) is 5.83 Å². The number of hydrogen-bond acceptors (Lipinski definition) is 0. The zero-order valence-corrected chi connectivity index (χ0v) is 6.15. The highest BCUT2D eigenvalue weighted by Gasteiger charge is 2.09. The van der Waals surface area contributed by atoms with Gasteiger partial charge in [-0.1, -0.05) is 18.7 Å². The molecule has 62 valence electrons. The lowest BCUT2D eigenvalue weighted by molar-refractivity contribution is 0.186. The zero-order chi connectivity index (χ0) is 8.85. The molecule has 0 bridgehead atoms. The summed E-state index contributed by atoms with van der Waals surface area (Å²) in [5.41, 5.74) is -0.553. The molecule has 0 radical (unpaired) electrons. The summed E-state index contributed by atoms with van der Waals surface area (Å²) in [4.78, 5) is 0. The highest BCUT2D eigenvalue weighted by molar-refractivity contribution is 5.21. The Morgan fingerprint density at radius 2 is 2.00 bits per heavy atom. The van der Waals surface area contributed by atoms with E-state index in [1.54, 1.807) is 0 Å². The Bertz CT molecular complexity index is 190. The Hall–Kier alpha value is -0.990. The van der Waals surface area contributed by atoms with E-state index < -0.39 is 17.8 Å². The fraction of sp³-hybridized carbons (Fsp3) is 0.250. The molecule has 0 fully saturated rings. The first-order valence-electron chi connectivity index (χ1n) is 3.03. The van der Waals surface area contributed by atoms with Crippen molar-refractivity contribution >= 4 is 0 Å². The minimum absolute atomic E-state index is 0.553. The number of hydrogen-bond donors (Lipinski definition) is 0. The molecule has 0 unspecified atom stereocenters. The van der Waals surface area contributed by atoms with Gasteiger partial charge in [0.15, 0.2) is 0 Å². The number of allylic oxidation sites excluding steroid dienone is 5. The molecule has 0 atom stereocenters. The molecule has 0 saturated heterocycles. The molecule has 0 spiro atoms. The maximum absolute atomic E-state index is 12.5. The predicted octanol–water partition coefficient (Wildman–Crippen LogP) is 3.24. The van der Waals surface area contributed by atoms with Crippen molar-refractivity contribution in [1.82, 2.24) is 0 Å². The molecular weight excluding hydrogens is 153 g/mol. The third-order valence-electron chi connectivity index (χ3n) is 1.08. The van der Waals surface area contributed by atoms with Crippen LogP contribution in [0.3, 0.4) is 0 Å². The van der Waals surface area contributed by atoms with Crippen LogP contribution in [0.5, 0.6) is 0 Å². The van der Waals surface area contributed by atoms with Crippen molar-refractivity contribution in [1.29, 1.82) is 0 Å². The predicted molar refractivity (Wildman–Crippen MR) is 39.1 cm³/mol. The van der Waals surface area contributed by atoms with E-state index in [1.165, 1.54) is 12.2 Å². The van der Waals surface area contributed by atoms with Gasteiger partial charge in [0.05, 0.1) is 0 Å². The highest BCUT2D eigenvalue weighted by atomic mass is 19.3. The summed E-state index contributed by atoms with van der Waals surface area (Å²) in [5, 5.41) is 0. The average molecular weight is 162 g/mol. The van der Waals surface area contributed by atoms with Crippen LogP contribution in [0.25, 0.3) is 0 Å². The van der Waals surface area contributed by atoms with Crippen LogP contribution in [0.2, 0.25) is 0 Å². The molecule has 0 aromatic carbocycles. The van der Waals surface area contributed by atoms with Crippen molar-refractivity contribution < 1.29 is 13.2 Å². The van der Waals surface area contributed by atoms with Gasteiger partial charge < -0.3 is 0 Å². The van der Waals surface area contributed by atoms with Gasteiger partial charge in [-0.25, -0.2) is 13.2 Å². The summed E-state index contributed by atoms with van der Waals surface area (Å²) in [6, 6.07) is 0. The van der Waals surface area contributed by atoms with Crippen molar-refractivity contribution in [2.75, 3.05) is 0 Å². The minimum atomic E-state index is -2.73. The Labute approximate surface area is 63.7 Å². The Morgan fingerprint density at radius 1 is 1.45 bits per heavy atom. The average Bonchev–Trinajstić information content (AvgIpc) is 1.98. The largest absolute Gasteiger partial charge is 0.262 e. The molecular formula is C8H9F3. The normalized spacial score (nSPS) is 13.9. The van der Waals surface area contributed by atoms with Crippen LogP contribution < -0.4 is 0 Å². The van der Waals surface area contributed by atoms with Crippen LogP contribution in [-0.2, 0) is 0 Å². The molecule has 0 rings (SSSR count). The lowest BCUT2D eigenvalue weighted by atomic mass is 10.2. The summed E-state index contributed by atoms with van der Waals surface area (Å²) in [6.07, 6.45) is 0.804. The molecule has 0 amide bonds. The molecule has 0 N–H and O–H groups in total. The third kappa shape index (κ3) is 3.65. The van der Waals surface area contributed by atoms with E-state index >= 15 is 0 Å².